The number of methoxy groups -OCH3 is 3. The van der Waals surface area contributed by atoms with Crippen LogP contribution in [-0.2, 0) is 13.0 Å². The normalized spacial score (nSPS) is 10.3. The van der Waals surface area contributed by atoms with E-state index in [4.69, 9.17) is 14.2 Å². The van der Waals surface area contributed by atoms with Crippen LogP contribution in [0, 0.1) is 0 Å². The molecule has 0 radical (unpaired) electrons. The molecule has 0 fully saturated rings. The van der Waals surface area contributed by atoms with E-state index >= 15 is 0 Å². The number of hydrogen-bond donors (Lipinski definition) is 1. The highest BCUT2D eigenvalue weighted by atomic mass is 16.5. The Morgan fingerprint density at radius 2 is 1.55 bits per heavy atom. The molecule has 0 saturated carbocycles. The molecule has 0 aliphatic heterocycles. The zero-order chi connectivity index (χ0) is 15.8. The van der Waals surface area contributed by atoms with Crippen molar-refractivity contribution in [1.29, 1.82) is 0 Å². The summed E-state index contributed by atoms with van der Waals surface area (Å²) in [4.78, 5) is 0. The molecule has 0 heterocycles. The summed E-state index contributed by atoms with van der Waals surface area (Å²) >= 11 is 0. The number of hydrogen-bond acceptors (Lipinski definition) is 3. The SMILES string of the molecule is COc1ccccc1CC[NH2+]Cc1ccc(OC)c(OC)c1. The molecular weight excluding hydrogens is 278 g/mol. The van der Waals surface area contributed by atoms with E-state index in [9.17, 15) is 0 Å². The fraction of sp³-hybridized carbons (Fsp3) is 0.333. The molecule has 0 amide bonds. The quantitative estimate of drug-likeness (QED) is 0.759. The molecule has 0 aliphatic rings. The first kappa shape index (κ1) is 16.2. The molecule has 22 heavy (non-hydrogen) atoms. The standard InChI is InChI=1S/C18H23NO3/c1-20-16-7-5-4-6-15(16)10-11-19-13-14-8-9-17(21-2)18(12-14)22-3/h4-9,12,19H,10-11,13H2,1-3H3/p+1. The van der Waals surface area contributed by atoms with Crippen LogP contribution in [0.15, 0.2) is 42.5 Å². The lowest BCUT2D eigenvalue weighted by Gasteiger charge is -2.10. The van der Waals surface area contributed by atoms with Crippen LogP contribution in [0.2, 0.25) is 0 Å². The molecule has 118 valence electrons. The molecule has 0 atom stereocenters. The molecule has 0 aliphatic carbocycles. The number of benzene rings is 2. The van der Waals surface area contributed by atoms with Crippen molar-refractivity contribution in [2.75, 3.05) is 27.9 Å². The predicted octanol–water partition coefficient (Wildman–Crippen LogP) is 2.02. The summed E-state index contributed by atoms with van der Waals surface area (Å²) in [6, 6.07) is 14.2. The van der Waals surface area contributed by atoms with Gasteiger partial charge in [0.25, 0.3) is 0 Å². The third kappa shape index (κ3) is 4.15. The van der Waals surface area contributed by atoms with Gasteiger partial charge < -0.3 is 19.5 Å². The van der Waals surface area contributed by atoms with Crippen molar-refractivity contribution >= 4 is 0 Å². The molecule has 0 spiro atoms. The van der Waals surface area contributed by atoms with Crippen molar-refractivity contribution in [3.05, 3.63) is 53.6 Å². The monoisotopic (exact) mass is 302 g/mol. The van der Waals surface area contributed by atoms with Gasteiger partial charge in [0.05, 0.1) is 27.9 Å². The lowest BCUT2D eigenvalue weighted by molar-refractivity contribution is -0.670. The predicted molar refractivity (Wildman–Crippen MR) is 86.7 cm³/mol. The maximum Gasteiger partial charge on any atom is 0.161 e. The Morgan fingerprint density at radius 3 is 2.27 bits per heavy atom. The summed E-state index contributed by atoms with van der Waals surface area (Å²) in [5, 5.41) is 2.29. The summed E-state index contributed by atoms with van der Waals surface area (Å²) in [7, 11) is 5.02. The van der Waals surface area contributed by atoms with Gasteiger partial charge in [0.15, 0.2) is 11.5 Å². The number of para-hydroxylation sites is 1. The first-order chi connectivity index (χ1) is 10.8. The van der Waals surface area contributed by atoms with Gasteiger partial charge in [-0.2, -0.15) is 0 Å². The fourth-order valence-electron chi connectivity index (χ4n) is 2.44. The van der Waals surface area contributed by atoms with Crippen LogP contribution in [0.1, 0.15) is 11.1 Å². The minimum absolute atomic E-state index is 0.764. The Hall–Kier alpha value is -2.20. The van der Waals surface area contributed by atoms with E-state index in [-0.39, 0.29) is 0 Å². The molecule has 2 rings (SSSR count). The van der Waals surface area contributed by atoms with Crippen LogP contribution in [0.25, 0.3) is 0 Å². The van der Waals surface area contributed by atoms with Crippen LogP contribution in [0.4, 0.5) is 0 Å². The highest BCUT2D eigenvalue weighted by Crippen LogP contribution is 2.27. The van der Waals surface area contributed by atoms with Crippen molar-refractivity contribution in [3.8, 4) is 17.2 Å². The smallest absolute Gasteiger partial charge is 0.161 e. The van der Waals surface area contributed by atoms with E-state index < -0.39 is 0 Å². The van der Waals surface area contributed by atoms with Crippen molar-refractivity contribution < 1.29 is 19.5 Å². The zero-order valence-corrected chi connectivity index (χ0v) is 13.5. The van der Waals surface area contributed by atoms with Gasteiger partial charge in [-0.25, -0.2) is 0 Å². The molecule has 2 aromatic carbocycles. The largest absolute Gasteiger partial charge is 0.496 e. The van der Waals surface area contributed by atoms with Crippen LogP contribution in [-0.4, -0.2) is 27.9 Å². The van der Waals surface area contributed by atoms with E-state index in [0.29, 0.717) is 0 Å². The summed E-state index contributed by atoms with van der Waals surface area (Å²) in [6.07, 6.45) is 0.983. The summed E-state index contributed by atoms with van der Waals surface area (Å²) in [6.45, 7) is 1.92. The first-order valence-corrected chi connectivity index (χ1v) is 7.43. The number of nitrogens with two attached hydrogens (primary N) is 1. The second-order valence-corrected chi connectivity index (χ2v) is 5.03. The average molecular weight is 302 g/mol. The van der Waals surface area contributed by atoms with E-state index in [2.05, 4.69) is 17.4 Å². The Morgan fingerprint density at radius 1 is 0.818 bits per heavy atom. The molecule has 0 saturated heterocycles. The molecule has 0 unspecified atom stereocenters. The lowest BCUT2D eigenvalue weighted by atomic mass is 10.1. The van der Waals surface area contributed by atoms with Crippen LogP contribution >= 0.6 is 0 Å². The van der Waals surface area contributed by atoms with E-state index in [1.807, 2.05) is 30.3 Å². The second kappa shape index (κ2) is 8.29. The maximum absolute atomic E-state index is 5.37. The van der Waals surface area contributed by atoms with Gasteiger partial charge in [-0.15, -0.1) is 0 Å². The van der Waals surface area contributed by atoms with Crippen LogP contribution in [0.5, 0.6) is 17.2 Å². The zero-order valence-electron chi connectivity index (χ0n) is 13.5. The highest BCUT2D eigenvalue weighted by Gasteiger charge is 2.06. The van der Waals surface area contributed by atoms with Crippen molar-refractivity contribution in [1.82, 2.24) is 0 Å². The van der Waals surface area contributed by atoms with Crippen LogP contribution < -0.4 is 19.5 Å². The molecule has 2 N–H and O–H groups in total. The molecule has 0 bridgehead atoms. The van der Waals surface area contributed by atoms with Gasteiger partial charge in [0.2, 0.25) is 0 Å². The molecule has 2 aromatic rings. The van der Waals surface area contributed by atoms with Crippen molar-refractivity contribution in [2.24, 2.45) is 0 Å². The Kier molecular flexibility index (Phi) is 6.10. The number of rotatable bonds is 8. The third-order valence-corrected chi connectivity index (χ3v) is 3.64. The number of ether oxygens (including phenoxy) is 3. The first-order valence-electron chi connectivity index (χ1n) is 7.43. The van der Waals surface area contributed by atoms with Crippen molar-refractivity contribution in [2.45, 2.75) is 13.0 Å². The Bertz CT molecular complexity index is 599. The topological polar surface area (TPSA) is 44.3 Å². The Labute approximate surface area is 132 Å². The van der Waals surface area contributed by atoms with E-state index in [0.717, 1.165) is 36.8 Å². The second-order valence-electron chi connectivity index (χ2n) is 5.03. The molecular formula is C18H24NO3+. The van der Waals surface area contributed by atoms with E-state index in [1.165, 1.54) is 11.1 Å². The molecule has 0 aromatic heterocycles. The average Bonchev–Trinajstić information content (AvgIpc) is 2.58. The number of quaternary nitrogens is 1. The Balaban J connectivity index is 1.86. The summed E-state index contributed by atoms with van der Waals surface area (Å²) < 4.78 is 16.0. The maximum atomic E-state index is 5.37. The van der Waals surface area contributed by atoms with Gasteiger partial charge in [-0.3, -0.25) is 0 Å². The summed E-state index contributed by atoms with van der Waals surface area (Å²) in [5.41, 5.74) is 2.46. The van der Waals surface area contributed by atoms with Gasteiger partial charge in [0.1, 0.15) is 12.3 Å². The minimum Gasteiger partial charge on any atom is -0.496 e. The highest BCUT2D eigenvalue weighted by molar-refractivity contribution is 5.42. The third-order valence-electron chi connectivity index (χ3n) is 3.64. The fourth-order valence-corrected chi connectivity index (χ4v) is 2.44. The van der Waals surface area contributed by atoms with E-state index in [1.54, 1.807) is 21.3 Å². The minimum atomic E-state index is 0.764. The lowest BCUT2D eigenvalue weighted by Crippen LogP contribution is -2.83. The van der Waals surface area contributed by atoms with Gasteiger partial charge in [0, 0.05) is 12.0 Å². The molecule has 4 nitrogen and oxygen atoms in total. The van der Waals surface area contributed by atoms with Gasteiger partial charge in [-0.05, 0) is 29.8 Å². The van der Waals surface area contributed by atoms with Gasteiger partial charge in [-0.1, -0.05) is 18.2 Å². The van der Waals surface area contributed by atoms with Gasteiger partial charge >= 0.3 is 0 Å². The van der Waals surface area contributed by atoms with Crippen LogP contribution in [0.3, 0.4) is 0 Å². The van der Waals surface area contributed by atoms with Crippen molar-refractivity contribution in [3.63, 3.8) is 0 Å². The molecule has 4 heteroatoms. The summed E-state index contributed by atoms with van der Waals surface area (Å²) in [5.74, 6) is 2.50.